The van der Waals surface area contributed by atoms with Crippen molar-refractivity contribution in [2.45, 2.75) is 64.5 Å². The molecule has 0 aromatic rings. The van der Waals surface area contributed by atoms with Crippen molar-refractivity contribution in [3.05, 3.63) is 0 Å². The molecule has 0 spiro atoms. The highest BCUT2D eigenvalue weighted by Gasteiger charge is 2.29. The lowest BCUT2D eigenvalue weighted by atomic mass is 9.80. The number of guanidine groups is 1. The van der Waals surface area contributed by atoms with Crippen LogP contribution in [0.3, 0.4) is 0 Å². The third kappa shape index (κ3) is 6.12. The second-order valence-corrected chi connectivity index (χ2v) is 11.0. The van der Waals surface area contributed by atoms with Crippen LogP contribution >= 0.6 is 0 Å². The van der Waals surface area contributed by atoms with Gasteiger partial charge in [-0.1, -0.05) is 13.8 Å². The summed E-state index contributed by atoms with van der Waals surface area (Å²) in [6.45, 7) is 6.84. The molecule has 1 saturated carbocycles. The van der Waals surface area contributed by atoms with Crippen LogP contribution in [-0.4, -0.2) is 57.7 Å². The molecular weight excluding hydrogens is 350 g/mol. The van der Waals surface area contributed by atoms with Crippen LogP contribution in [0.15, 0.2) is 4.99 Å². The van der Waals surface area contributed by atoms with Crippen LogP contribution in [-0.2, 0) is 14.6 Å². The van der Waals surface area contributed by atoms with Crippen molar-refractivity contribution in [3.8, 4) is 0 Å². The number of ether oxygens (including phenoxy) is 1. The first-order valence-electron chi connectivity index (χ1n) is 10.3. The van der Waals surface area contributed by atoms with Gasteiger partial charge in [-0.05, 0) is 56.3 Å². The smallest absolute Gasteiger partial charge is 0.191 e. The number of nitrogens with one attached hydrogen (secondary N) is 2. The predicted octanol–water partition coefficient (Wildman–Crippen LogP) is 1.96. The van der Waals surface area contributed by atoms with Crippen molar-refractivity contribution in [3.63, 3.8) is 0 Å². The molecule has 6 nitrogen and oxygen atoms in total. The summed E-state index contributed by atoms with van der Waals surface area (Å²) in [7, 11) is -2.84. The van der Waals surface area contributed by atoms with Crippen molar-refractivity contribution < 1.29 is 13.2 Å². The molecule has 2 saturated heterocycles. The molecule has 3 fully saturated rings. The summed E-state index contributed by atoms with van der Waals surface area (Å²) in [4.78, 5) is 4.80. The molecular formula is C19H35N3O3S. The van der Waals surface area contributed by atoms with E-state index in [1.165, 1.54) is 19.3 Å². The highest BCUT2D eigenvalue weighted by Crippen LogP contribution is 2.28. The third-order valence-corrected chi connectivity index (χ3v) is 7.75. The van der Waals surface area contributed by atoms with Gasteiger partial charge in [0.15, 0.2) is 15.8 Å². The van der Waals surface area contributed by atoms with Crippen LogP contribution in [0.5, 0.6) is 0 Å². The summed E-state index contributed by atoms with van der Waals surface area (Å²) in [6, 6.07) is 0.841. The van der Waals surface area contributed by atoms with Gasteiger partial charge in [-0.15, -0.1) is 0 Å². The largest absolute Gasteiger partial charge is 0.381 e. The molecule has 150 valence electrons. The maximum Gasteiger partial charge on any atom is 0.191 e. The van der Waals surface area contributed by atoms with Crippen LogP contribution in [0.1, 0.15) is 52.4 Å². The SMILES string of the molecule is CC1CC(C)CC(NC(=NCC2CCS(=O)(=O)C2)NC2CCOCC2)C1. The van der Waals surface area contributed by atoms with E-state index in [-0.39, 0.29) is 5.92 Å². The van der Waals surface area contributed by atoms with E-state index in [9.17, 15) is 8.42 Å². The van der Waals surface area contributed by atoms with Gasteiger partial charge in [0.05, 0.1) is 11.5 Å². The first kappa shape index (κ1) is 19.9. The van der Waals surface area contributed by atoms with Crippen molar-refractivity contribution in [2.24, 2.45) is 22.7 Å². The van der Waals surface area contributed by atoms with E-state index in [1.54, 1.807) is 0 Å². The molecule has 2 aliphatic heterocycles. The fraction of sp³-hybridized carbons (Fsp3) is 0.947. The van der Waals surface area contributed by atoms with Gasteiger partial charge in [-0.2, -0.15) is 0 Å². The fourth-order valence-corrected chi connectivity index (χ4v) is 6.51. The molecule has 0 aromatic carbocycles. The summed E-state index contributed by atoms with van der Waals surface area (Å²) in [6.07, 6.45) is 6.39. The zero-order valence-corrected chi connectivity index (χ0v) is 17.1. The van der Waals surface area contributed by atoms with Crippen LogP contribution in [0.25, 0.3) is 0 Å². The Morgan fingerprint density at radius 2 is 1.65 bits per heavy atom. The Kier molecular flexibility index (Phi) is 6.83. The molecule has 3 rings (SSSR count). The van der Waals surface area contributed by atoms with Gasteiger partial charge >= 0.3 is 0 Å². The lowest BCUT2D eigenvalue weighted by molar-refractivity contribution is 0.0821. The van der Waals surface area contributed by atoms with E-state index < -0.39 is 9.84 Å². The van der Waals surface area contributed by atoms with E-state index in [2.05, 4.69) is 24.5 Å². The summed E-state index contributed by atoms with van der Waals surface area (Å²) in [5, 5.41) is 7.24. The van der Waals surface area contributed by atoms with Gasteiger partial charge in [0, 0.05) is 31.8 Å². The molecule has 3 atom stereocenters. The molecule has 0 radical (unpaired) electrons. The molecule has 0 amide bonds. The zero-order valence-electron chi connectivity index (χ0n) is 16.2. The molecule has 3 unspecified atom stereocenters. The Bertz CT molecular complexity index is 577. The van der Waals surface area contributed by atoms with Crippen molar-refractivity contribution in [1.82, 2.24) is 10.6 Å². The highest BCUT2D eigenvalue weighted by molar-refractivity contribution is 7.91. The summed E-state index contributed by atoms with van der Waals surface area (Å²) >= 11 is 0. The average molecular weight is 386 g/mol. The number of nitrogens with zero attached hydrogens (tertiary/aromatic N) is 1. The minimum absolute atomic E-state index is 0.164. The zero-order chi connectivity index (χ0) is 18.6. The van der Waals surface area contributed by atoms with Crippen molar-refractivity contribution in [2.75, 3.05) is 31.3 Å². The molecule has 26 heavy (non-hydrogen) atoms. The van der Waals surface area contributed by atoms with Gasteiger partial charge in [-0.25, -0.2) is 8.42 Å². The predicted molar refractivity (Wildman–Crippen MR) is 105 cm³/mol. The van der Waals surface area contributed by atoms with E-state index >= 15 is 0 Å². The topological polar surface area (TPSA) is 79.8 Å². The number of hydrogen-bond acceptors (Lipinski definition) is 4. The molecule has 7 heteroatoms. The quantitative estimate of drug-likeness (QED) is 0.571. The van der Waals surface area contributed by atoms with E-state index in [4.69, 9.17) is 9.73 Å². The summed E-state index contributed by atoms with van der Waals surface area (Å²) in [5.41, 5.74) is 0. The lowest BCUT2D eigenvalue weighted by Gasteiger charge is -2.34. The van der Waals surface area contributed by atoms with Crippen LogP contribution < -0.4 is 10.6 Å². The van der Waals surface area contributed by atoms with E-state index in [0.717, 1.165) is 50.3 Å². The Labute approximate surface area is 158 Å². The third-order valence-electron chi connectivity index (χ3n) is 5.92. The van der Waals surface area contributed by atoms with Crippen LogP contribution in [0.2, 0.25) is 0 Å². The number of aliphatic imine (C=N–C) groups is 1. The van der Waals surface area contributed by atoms with Gasteiger partial charge in [0.25, 0.3) is 0 Å². The van der Waals surface area contributed by atoms with Gasteiger partial charge < -0.3 is 15.4 Å². The Morgan fingerprint density at radius 1 is 1.00 bits per heavy atom. The fourth-order valence-electron chi connectivity index (χ4n) is 4.66. The van der Waals surface area contributed by atoms with E-state index in [0.29, 0.717) is 30.1 Å². The van der Waals surface area contributed by atoms with Crippen LogP contribution in [0.4, 0.5) is 0 Å². The monoisotopic (exact) mass is 385 g/mol. The second kappa shape index (κ2) is 8.91. The molecule has 2 heterocycles. The summed E-state index contributed by atoms with van der Waals surface area (Å²) in [5.74, 6) is 3.12. The molecule has 0 bridgehead atoms. The number of hydrogen-bond donors (Lipinski definition) is 2. The Balaban J connectivity index is 1.61. The van der Waals surface area contributed by atoms with Gasteiger partial charge in [0.1, 0.15) is 0 Å². The average Bonchev–Trinajstić information content (AvgIpc) is 2.92. The van der Waals surface area contributed by atoms with Crippen LogP contribution in [0, 0.1) is 17.8 Å². The van der Waals surface area contributed by atoms with Crippen molar-refractivity contribution >= 4 is 15.8 Å². The normalized spacial score (nSPS) is 36.0. The van der Waals surface area contributed by atoms with Crippen molar-refractivity contribution in [1.29, 1.82) is 0 Å². The number of rotatable bonds is 4. The highest BCUT2D eigenvalue weighted by atomic mass is 32.2. The first-order chi connectivity index (χ1) is 12.4. The number of sulfone groups is 1. The van der Waals surface area contributed by atoms with Gasteiger partial charge in [0.2, 0.25) is 0 Å². The van der Waals surface area contributed by atoms with E-state index in [1.807, 2.05) is 0 Å². The molecule has 2 N–H and O–H groups in total. The molecule has 0 aromatic heterocycles. The summed E-state index contributed by atoms with van der Waals surface area (Å²) < 4.78 is 28.9. The van der Waals surface area contributed by atoms with Gasteiger partial charge in [-0.3, -0.25) is 4.99 Å². The lowest BCUT2D eigenvalue weighted by Crippen LogP contribution is -2.50. The minimum Gasteiger partial charge on any atom is -0.381 e. The second-order valence-electron chi connectivity index (χ2n) is 8.75. The molecule has 1 aliphatic carbocycles. The maximum atomic E-state index is 11.7. The standard InChI is InChI=1S/C19H35N3O3S/c1-14-9-15(2)11-18(10-14)22-19(21-17-3-6-25-7-4-17)20-12-16-5-8-26(23,24)13-16/h14-18H,3-13H2,1-2H3,(H2,20,21,22). The first-order valence-corrected chi connectivity index (χ1v) is 12.1. The Hall–Kier alpha value is -0.820. The Morgan fingerprint density at radius 3 is 2.27 bits per heavy atom. The minimum atomic E-state index is -2.84. The molecule has 3 aliphatic rings. The maximum absolute atomic E-state index is 11.7.